The maximum Gasteiger partial charge on any atom is 0.255 e. The smallest absolute Gasteiger partial charge is 0.255 e. The molecule has 0 aliphatic carbocycles. The monoisotopic (exact) mass is 354 g/mol. The summed E-state index contributed by atoms with van der Waals surface area (Å²) in [5, 5.41) is 7.55. The molecule has 0 saturated carbocycles. The number of carbonyl (C=O) groups excluding carboxylic acids is 1. The third kappa shape index (κ3) is 2.93. The first kappa shape index (κ1) is 16.9. The molecule has 2 aliphatic rings. The Morgan fingerprint density at radius 1 is 1.27 bits per heavy atom. The highest BCUT2D eigenvalue weighted by atomic mass is 19.1. The number of nitrogens with zero attached hydrogens (tertiary/aromatic N) is 4. The fraction of sp³-hybridized carbons (Fsp3) is 0.450. The van der Waals surface area contributed by atoms with Crippen molar-refractivity contribution in [1.82, 2.24) is 15.1 Å². The van der Waals surface area contributed by atoms with Gasteiger partial charge in [-0.1, -0.05) is 6.07 Å². The zero-order valence-electron chi connectivity index (χ0n) is 15.1. The van der Waals surface area contributed by atoms with Crippen molar-refractivity contribution < 1.29 is 9.18 Å². The van der Waals surface area contributed by atoms with Gasteiger partial charge >= 0.3 is 0 Å². The molecular weight excluding hydrogens is 331 g/mol. The van der Waals surface area contributed by atoms with Gasteiger partial charge in [-0.25, -0.2) is 4.39 Å². The molecule has 2 saturated heterocycles. The van der Waals surface area contributed by atoms with Crippen LogP contribution in [0.5, 0.6) is 0 Å². The summed E-state index contributed by atoms with van der Waals surface area (Å²) in [5.74, 6) is 0.181. The van der Waals surface area contributed by atoms with Crippen LogP contribution >= 0.6 is 0 Å². The Balaban J connectivity index is 1.56. The minimum absolute atomic E-state index is 0.0142. The summed E-state index contributed by atoms with van der Waals surface area (Å²) in [6, 6.07) is 8.87. The van der Waals surface area contributed by atoms with Crippen molar-refractivity contribution in [3.8, 4) is 0 Å². The van der Waals surface area contributed by atoms with E-state index in [4.69, 9.17) is 0 Å². The zero-order valence-corrected chi connectivity index (χ0v) is 15.1. The topological polar surface area (TPSA) is 49.3 Å². The third-order valence-electron chi connectivity index (χ3n) is 5.64. The minimum atomic E-state index is -0.209. The number of fused-ring (bicyclic) bond motifs is 1. The second kappa shape index (κ2) is 6.34. The maximum absolute atomic E-state index is 13.8. The normalized spacial score (nSPS) is 24.4. The molecule has 2 aliphatic heterocycles. The molecule has 0 N–H and O–H groups in total. The van der Waals surface area contributed by atoms with Crippen molar-refractivity contribution in [3.05, 3.63) is 54.1 Å². The van der Waals surface area contributed by atoms with E-state index >= 15 is 0 Å². The highest BCUT2D eigenvalue weighted by Crippen LogP contribution is 2.44. The molecule has 1 aromatic heterocycles. The molecule has 26 heavy (non-hydrogen) atoms. The van der Waals surface area contributed by atoms with Gasteiger partial charge in [0.2, 0.25) is 0 Å². The lowest BCUT2D eigenvalue weighted by Gasteiger charge is -2.41. The van der Waals surface area contributed by atoms with Crippen LogP contribution in [-0.2, 0) is 0 Å². The lowest BCUT2D eigenvalue weighted by atomic mass is 9.89. The molecule has 0 radical (unpaired) electrons. The Bertz CT molecular complexity index is 810. The van der Waals surface area contributed by atoms with E-state index in [2.05, 4.69) is 28.9 Å². The summed E-state index contributed by atoms with van der Waals surface area (Å²) < 4.78 is 13.8. The fourth-order valence-electron chi connectivity index (χ4n) is 4.70. The van der Waals surface area contributed by atoms with E-state index in [1.165, 1.54) is 12.3 Å². The first-order valence-electron chi connectivity index (χ1n) is 9.06. The van der Waals surface area contributed by atoms with Crippen molar-refractivity contribution in [2.75, 3.05) is 18.0 Å². The number of aromatic nitrogens is 2. The Hall–Kier alpha value is -2.50. The van der Waals surface area contributed by atoms with Gasteiger partial charge in [-0.2, -0.15) is 10.2 Å². The van der Waals surface area contributed by atoms with Gasteiger partial charge in [0, 0.05) is 30.4 Å². The summed E-state index contributed by atoms with van der Waals surface area (Å²) in [4.78, 5) is 17.0. The second-order valence-electron chi connectivity index (χ2n) is 7.86. The molecule has 1 aromatic carbocycles. The molecular formula is C20H23FN4O. The average Bonchev–Trinajstić information content (AvgIpc) is 2.90. The minimum Gasteiger partial charge on any atom is -0.363 e. The molecule has 4 rings (SSSR count). The van der Waals surface area contributed by atoms with Crippen molar-refractivity contribution in [3.63, 3.8) is 0 Å². The van der Waals surface area contributed by atoms with Crippen LogP contribution in [-0.4, -0.2) is 45.7 Å². The van der Waals surface area contributed by atoms with Crippen LogP contribution in [0, 0.1) is 11.7 Å². The largest absolute Gasteiger partial charge is 0.363 e. The van der Waals surface area contributed by atoms with Gasteiger partial charge in [0.1, 0.15) is 5.82 Å². The van der Waals surface area contributed by atoms with Crippen LogP contribution in [0.3, 0.4) is 0 Å². The van der Waals surface area contributed by atoms with Gasteiger partial charge in [-0.05, 0) is 56.9 Å². The van der Waals surface area contributed by atoms with Gasteiger partial charge in [0.05, 0.1) is 18.0 Å². The number of carbonyl (C=O) groups is 1. The quantitative estimate of drug-likeness (QED) is 0.831. The molecule has 0 bridgehead atoms. The van der Waals surface area contributed by atoms with Gasteiger partial charge in [-0.15, -0.1) is 0 Å². The molecule has 3 heterocycles. The van der Waals surface area contributed by atoms with Gasteiger partial charge < -0.3 is 9.80 Å². The number of hydrogen-bond acceptors (Lipinski definition) is 4. The summed E-state index contributed by atoms with van der Waals surface area (Å²) in [7, 11) is 0. The second-order valence-corrected chi connectivity index (χ2v) is 7.86. The number of piperidine rings is 1. The Morgan fingerprint density at radius 2 is 2.12 bits per heavy atom. The van der Waals surface area contributed by atoms with Crippen LogP contribution < -0.4 is 4.90 Å². The molecule has 136 valence electrons. The number of hydrogen-bond donors (Lipinski definition) is 0. The van der Waals surface area contributed by atoms with Crippen molar-refractivity contribution in [1.29, 1.82) is 0 Å². The van der Waals surface area contributed by atoms with E-state index in [9.17, 15) is 9.18 Å². The Kier molecular flexibility index (Phi) is 4.13. The standard InChI is InChI=1S/C20H23FN4O/c1-20(2)11-15-13-24(19(26)14-6-8-22-23-12-14)9-7-18(15)25(20)17-5-3-4-16(21)10-17/h3-6,8,10,12,15,18H,7,9,11,13H2,1-2H3/t15-,18+/m1/s1. The van der Waals surface area contributed by atoms with Crippen LogP contribution in [0.2, 0.25) is 0 Å². The predicted octanol–water partition coefficient (Wildman–Crippen LogP) is 3.14. The van der Waals surface area contributed by atoms with Gasteiger partial charge in [0.25, 0.3) is 5.91 Å². The van der Waals surface area contributed by atoms with Crippen LogP contribution in [0.1, 0.15) is 37.0 Å². The number of likely N-dealkylation sites (tertiary alicyclic amines) is 1. The van der Waals surface area contributed by atoms with E-state index in [1.54, 1.807) is 24.4 Å². The van der Waals surface area contributed by atoms with Crippen molar-refractivity contribution in [2.24, 2.45) is 5.92 Å². The number of benzene rings is 1. The molecule has 0 spiro atoms. The first-order chi connectivity index (χ1) is 12.5. The predicted molar refractivity (Wildman–Crippen MR) is 97.4 cm³/mol. The number of halogens is 1. The molecule has 2 fully saturated rings. The molecule has 6 heteroatoms. The van der Waals surface area contributed by atoms with Gasteiger partial charge in [-0.3, -0.25) is 4.79 Å². The SMILES string of the molecule is CC1(C)C[C@@H]2CN(C(=O)c3ccnnc3)CC[C@@H]2N1c1cccc(F)c1. The Labute approximate surface area is 152 Å². The molecule has 5 nitrogen and oxygen atoms in total. The highest BCUT2D eigenvalue weighted by molar-refractivity contribution is 5.93. The molecule has 1 amide bonds. The molecule has 2 atom stereocenters. The number of rotatable bonds is 2. The number of amides is 1. The van der Waals surface area contributed by atoms with E-state index in [0.29, 0.717) is 24.1 Å². The average molecular weight is 354 g/mol. The highest BCUT2D eigenvalue weighted by Gasteiger charge is 2.48. The van der Waals surface area contributed by atoms with E-state index < -0.39 is 0 Å². The van der Waals surface area contributed by atoms with E-state index in [-0.39, 0.29) is 17.3 Å². The molecule has 2 aromatic rings. The van der Waals surface area contributed by atoms with Gasteiger partial charge in [0.15, 0.2) is 0 Å². The van der Waals surface area contributed by atoms with Crippen LogP contribution in [0.15, 0.2) is 42.7 Å². The fourth-order valence-corrected chi connectivity index (χ4v) is 4.70. The van der Waals surface area contributed by atoms with E-state index in [1.807, 2.05) is 11.0 Å². The Morgan fingerprint density at radius 3 is 2.85 bits per heavy atom. The first-order valence-corrected chi connectivity index (χ1v) is 9.06. The lowest BCUT2D eigenvalue weighted by Crippen LogP contribution is -2.50. The zero-order chi connectivity index (χ0) is 18.3. The molecule has 0 unspecified atom stereocenters. The summed E-state index contributed by atoms with van der Waals surface area (Å²) in [6.07, 6.45) is 4.93. The maximum atomic E-state index is 13.8. The van der Waals surface area contributed by atoms with E-state index in [0.717, 1.165) is 25.1 Å². The summed E-state index contributed by atoms with van der Waals surface area (Å²) >= 11 is 0. The summed E-state index contributed by atoms with van der Waals surface area (Å²) in [5.41, 5.74) is 1.44. The number of anilines is 1. The van der Waals surface area contributed by atoms with Crippen molar-refractivity contribution in [2.45, 2.75) is 38.3 Å². The lowest BCUT2D eigenvalue weighted by molar-refractivity contribution is 0.0667. The van der Waals surface area contributed by atoms with Crippen LogP contribution in [0.25, 0.3) is 0 Å². The summed E-state index contributed by atoms with van der Waals surface area (Å²) in [6.45, 7) is 5.83. The third-order valence-corrected chi connectivity index (χ3v) is 5.64. The van der Waals surface area contributed by atoms with Crippen LogP contribution in [0.4, 0.5) is 10.1 Å². The van der Waals surface area contributed by atoms with Crippen molar-refractivity contribution >= 4 is 11.6 Å².